The van der Waals surface area contributed by atoms with Crippen LogP contribution >= 0.6 is 47.0 Å². The van der Waals surface area contributed by atoms with Gasteiger partial charge < -0.3 is 0 Å². The Balaban J connectivity index is 2.46. The van der Waals surface area contributed by atoms with Crippen LogP contribution in [0.4, 0.5) is 0 Å². The summed E-state index contributed by atoms with van der Waals surface area (Å²) in [6, 6.07) is 0. The van der Waals surface area contributed by atoms with Crippen molar-refractivity contribution < 1.29 is 9.59 Å². The highest BCUT2D eigenvalue weighted by atomic mass is 32.2. The van der Waals surface area contributed by atoms with Crippen molar-refractivity contribution in [1.82, 2.24) is 0 Å². The third kappa shape index (κ3) is 5.06. The molecule has 0 bridgehead atoms. The molecule has 0 aromatic carbocycles. The minimum atomic E-state index is 0.0761. The van der Waals surface area contributed by atoms with Crippen LogP contribution in [0.1, 0.15) is 13.8 Å². The number of carbonyl (C=O) groups is 2. The molecule has 0 amide bonds. The molecule has 0 radical (unpaired) electrons. The molecule has 86 valence electrons. The van der Waals surface area contributed by atoms with E-state index in [4.69, 9.17) is 0 Å². The molecule has 0 spiro atoms. The molecule has 1 rings (SSSR count). The molecule has 0 atom stereocenters. The molecule has 2 nitrogen and oxygen atoms in total. The Morgan fingerprint density at radius 1 is 1.07 bits per heavy atom. The summed E-state index contributed by atoms with van der Waals surface area (Å²) in [6.45, 7) is 3.20. The zero-order chi connectivity index (χ0) is 11.3. The van der Waals surface area contributed by atoms with Crippen LogP contribution in [0, 0.1) is 0 Å². The van der Waals surface area contributed by atoms with Crippen molar-refractivity contribution in [3.8, 4) is 0 Å². The lowest BCUT2D eigenvalue weighted by molar-refractivity contribution is -0.109. The lowest BCUT2D eigenvalue weighted by Crippen LogP contribution is -2.25. The summed E-state index contributed by atoms with van der Waals surface area (Å²) in [5, 5.41) is 0.325. The van der Waals surface area contributed by atoms with Gasteiger partial charge in [-0.15, -0.1) is 23.5 Å². The van der Waals surface area contributed by atoms with E-state index in [0.717, 1.165) is 23.0 Å². The summed E-state index contributed by atoms with van der Waals surface area (Å²) >= 11 is 6.53. The van der Waals surface area contributed by atoms with E-state index in [-0.39, 0.29) is 14.3 Å². The Morgan fingerprint density at radius 2 is 1.47 bits per heavy atom. The predicted octanol–water partition coefficient (Wildman–Crippen LogP) is 2.72. The normalized spacial score (nSPS) is 19.1. The first-order valence-electron chi connectivity index (χ1n) is 4.59. The van der Waals surface area contributed by atoms with Gasteiger partial charge in [0.2, 0.25) is 0 Å². The number of hydrogen-bond donors (Lipinski definition) is 0. The number of hydrogen-bond acceptors (Lipinski definition) is 6. The molecule has 0 aromatic rings. The fourth-order valence-electron chi connectivity index (χ4n) is 1.13. The molecule has 1 aliphatic rings. The van der Waals surface area contributed by atoms with Crippen LogP contribution < -0.4 is 0 Å². The zero-order valence-electron chi connectivity index (χ0n) is 8.78. The van der Waals surface area contributed by atoms with Crippen LogP contribution in [-0.4, -0.2) is 37.3 Å². The highest BCUT2D eigenvalue weighted by molar-refractivity contribution is 8.25. The Labute approximate surface area is 107 Å². The summed E-state index contributed by atoms with van der Waals surface area (Å²) in [5.74, 6) is 3.89. The van der Waals surface area contributed by atoms with E-state index in [9.17, 15) is 9.59 Å². The van der Waals surface area contributed by atoms with Gasteiger partial charge in [0.25, 0.3) is 0 Å². The second-order valence-corrected chi connectivity index (χ2v) is 8.69. The molecular formula is C9H14O2S4. The standard InChI is InChI=1S/C9H14O2S4/c1-7(10)12-5-9(6-13-8(2)11)14-3-4-15-9/h3-6H2,1-2H3. The predicted molar refractivity (Wildman–Crippen MR) is 73.9 cm³/mol. The van der Waals surface area contributed by atoms with Crippen molar-refractivity contribution in [2.45, 2.75) is 17.9 Å². The Kier molecular flexibility index (Phi) is 5.95. The maximum Gasteiger partial charge on any atom is 0.185 e. The van der Waals surface area contributed by atoms with Gasteiger partial charge in [0, 0.05) is 36.9 Å². The highest BCUT2D eigenvalue weighted by Crippen LogP contribution is 2.47. The number of rotatable bonds is 4. The van der Waals surface area contributed by atoms with Gasteiger partial charge >= 0.3 is 0 Å². The summed E-state index contributed by atoms with van der Waals surface area (Å²) < 4.78 is 0.0761. The van der Waals surface area contributed by atoms with Crippen molar-refractivity contribution in [3.05, 3.63) is 0 Å². The maximum absolute atomic E-state index is 11.0. The van der Waals surface area contributed by atoms with Gasteiger partial charge in [-0.2, -0.15) is 0 Å². The maximum atomic E-state index is 11.0. The Morgan fingerprint density at radius 3 is 1.80 bits per heavy atom. The minimum Gasteiger partial charge on any atom is -0.288 e. The van der Waals surface area contributed by atoms with Crippen molar-refractivity contribution in [2.24, 2.45) is 0 Å². The topological polar surface area (TPSA) is 34.1 Å². The smallest absolute Gasteiger partial charge is 0.185 e. The van der Waals surface area contributed by atoms with E-state index in [0.29, 0.717) is 0 Å². The molecular weight excluding hydrogens is 268 g/mol. The Hall–Kier alpha value is 0.740. The van der Waals surface area contributed by atoms with E-state index in [1.165, 1.54) is 23.5 Å². The average Bonchev–Trinajstić information content (AvgIpc) is 2.61. The van der Waals surface area contributed by atoms with Crippen LogP contribution in [0.5, 0.6) is 0 Å². The first-order chi connectivity index (χ1) is 7.04. The molecule has 0 saturated carbocycles. The molecule has 1 heterocycles. The van der Waals surface area contributed by atoms with Crippen LogP contribution in [0.2, 0.25) is 0 Å². The molecule has 0 aromatic heterocycles. The highest BCUT2D eigenvalue weighted by Gasteiger charge is 2.36. The van der Waals surface area contributed by atoms with Crippen LogP contribution in [-0.2, 0) is 9.59 Å². The van der Waals surface area contributed by atoms with Gasteiger partial charge in [-0.05, 0) is 0 Å². The van der Waals surface area contributed by atoms with Crippen LogP contribution in [0.15, 0.2) is 0 Å². The van der Waals surface area contributed by atoms with Crippen molar-refractivity contribution in [2.75, 3.05) is 23.0 Å². The molecule has 0 aliphatic carbocycles. The third-order valence-corrected chi connectivity index (χ3v) is 8.03. The van der Waals surface area contributed by atoms with Gasteiger partial charge in [0.15, 0.2) is 10.2 Å². The summed E-state index contributed by atoms with van der Waals surface area (Å²) in [7, 11) is 0. The van der Waals surface area contributed by atoms with Gasteiger partial charge in [-0.25, -0.2) is 0 Å². The molecule has 15 heavy (non-hydrogen) atoms. The molecule has 6 heteroatoms. The van der Waals surface area contributed by atoms with Gasteiger partial charge in [-0.3, -0.25) is 9.59 Å². The molecule has 0 unspecified atom stereocenters. The second-order valence-electron chi connectivity index (χ2n) is 3.17. The first-order valence-corrected chi connectivity index (χ1v) is 8.53. The minimum absolute atomic E-state index is 0.0761. The monoisotopic (exact) mass is 282 g/mol. The zero-order valence-corrected chi connectivity index (χ0v) is 12.0. The van der Waals surface area contributed by atoms with Gasteiger partial charge in [0.1, 0.15) is 0 Å². The lowest BCUT2D eigenvalue weighted by Gasteiger charge is -2.25. The molecule has 1 fully saturated rings. The van der Waals surface area contributed by atoms with Gasteiger partial charge in [0.05, 0.1) is 4.08 Å². The van der Waals surface area contributed by atoms with E-state index >= 15 is 0 Å². The first kappa shape index (κ1) is 13.8. The largest absolute Gasteiger partial charge is 0.288 e. The quantitative estimate of drug-likeness (QED) is 0.789. The second kappa shape index (κ2) is 6.47. The number of carbonyl (C=O) groups excluding carboxylic acids is 2. The summed E-state index contributed by atoms with van der Waals surface area (Å²) in [5.41, 5.74) is 0. The van der Waals surface area contributed by atoms with E-state index in [1.54, 1.807) is 13.8 Å². The Bertz CT molecular complexity index is 228. The molecule has 1 aliphatic heterocycles. The van der Waals surface area contributed by atoms with E-state index < -0.39 is 0 Å². The number of thioether (sulfide) groups is 4. The molecule has 0 N–H and O–H groups in total. The van der Waals surface area contributed by atoms with E-state index in [1.807, 2.05) is 23.5 Å². The van der Waals surface area contributed by atoms with Gasteiger partial charge in [-0.1, -0.05) is 23.5 Å². The fraction of sp³-hybridized carbons (Fsp3) is 0.778. The third-order valence-electron chi connectivity index (χ3n) is 1.80. The van der Waals surface area contributed by atoms with Crippen molar-refractivity contribution in [3.63, 3.8) is 0 Å². The fourth-order valence-corrected chi connectivity index (χ4v) is 6.59. The van der Waals surface area contributed by atoms with Crippen LogP contribution in [0.3, 0.4) is 0 Å². The van der Waals surface area contributed by atoms with Crippen molar-refractivity contribution >= 4 is 57.3 Å². The molecule has 1 saturated heterocycles. The lowest BCUT2D eigenvalue weighted by atomic mass is 10.5. The SMILES string of the molecule is CC(=O)SCC1(CSC(C)=O)SCCS1. The van der Waals surface area contributed by atoms with Crippen molar-refractivity contribution in [1.29, 1.82) is 0 Å². The summed E-state index contributed by atoms with van der Waals surface area (Å²) in [4.78, 5) is 21.9. The summed E-state index contributed by atoms with van der Waals surface area (Å²) in [6.07, 6.45) is 0. The van der Waals surface area contributed by atoms with E-state index in [2.05, 4.69) is 0 Å². The van der Waals surface area contributed by atoms with Crippen LogP contribution in [0.25, 0.3) is 0 Å². The average molecular weight is 282 g/mol.